The molecule has 3 rings (SSSR count). The van der Waals surface area contributed by atoms with Crippen molar-refractivity contribution in [3.05, 3.63) is 42.2 Å². The van der Waals surface area contributed by atoms with E-state index in [9.17, 15) is 14.7 Å². The van der Waals surface area contributed by atoms with Crippen LogP contribution in [0.3, 0.4) is 0 Å². The summed E-state index contributed by atoms with van der Waals surface area (Å²) in [6.07, 6.45) is 3.33. The summed E-state index contributed by atoms with van der Waals surface area (Å²) in [6.45, 7) is 1.22. The Morgan fingerprint density at radius 3 is 2.78 bits per heavy atom. The smallest absolute Gasteiger partial charge is 0.322 e. The number of amides is 1. The van der Waals surface area contributed by atoms with Gasteiger partial charge in [-0.2, -0.15) is 0 Å². The van der Waals surface area contributed by atoms with Crippen LogP contribution >= 0.6 is 0 Å². The Kier molecular flexibility index (Phi) is 4.12. The summed E-state index contributed by atoms with van der Waals surface area (Å²) < 4.78 is 0. The van der Waals surface area contributed by atoms with Gasteiger partial charge in [0, 0.05) is 37.6 Å². The van der Waals surface area contributed by atoms with Gasteiger partial charge in [0.05, 0.1) is 5.56 Å². The summed E-state index contributed by atoms with van der Waals surface area (Å²) >= 11 is 0. The van der Waals surface area contributed by atoms with Gasteiger partial charge in [0.15, 0.2) is 0 Å². The molecule has 1 atom stereocenters. The average molecular weight is 314 g/mol. The summed E-state index contributed by atoms with van der Waals surface area (Å²) in [5.41, 5.74) is 1.24. The van der Waals surface area contributed by atoms with E-state index in [0.717, 1.165) is 0 Å². The number of benzene rings is 1. The fourth-order valence-electron chi connectivity index (χ4n) is 2.78. The van der Waals surface area contributed by atoms with Crippen LogP contribution in [0.15, 0.2) is 36.7 Å². The lowest BCUT2D eigenvalue weighted by Gasteiger charge is -2.37. The molecule has 2 N–H and O–H groups in total. The van der Waals surface area contributed by atoms with Crippen molar-refractivity contribution in [2.75, 3.05) is 26.7 Å². The summed E-state index contributed by atoms with van der Waals surface area (Å²) in [4.78, 5) is 34.7. The van der Waals surface area contributed by atoms with Crippen molar-refractivity contribution < 1.29 is 14.7 Å². The van der Waals surface area contributed by atoms with Crippen LogP contribution in [0.1, 0.15) is 10.4 Å². The van der Waals surface area contributed by atoms with Crippen LogP contribution < -0.4 is 0 Å². The van der Waals surface area contributed by atoms with Crippen LogP contribution in [0.2, 0.25) is 0 Å². The highest BCUT2D eigenvalue weighted by Crippen LogP contribution is 2.22. The molecule has 1 saturated heterocycles. The molecular weight excluding hydrogens is 296 g/mol. The molecule has 1 aliphatic heterocycles. The predicted molar refractivity (Wildman–Crippen MR) is 84.0 cm³/mol. The van der Waals surface area contributed by atoms with E-state index in [-0.39, 0.29) is 12.5 Å². The molecular formula is C16H18N4O3. The molecule has 7 heteroatoms. The Bertz CT molecular complexity index is 714. The number of rotatable bonds is 3. The average Bonchev–Trinajstić information content (AvgIpc) is 3.08. The Labute approximate surface area is 133 Å². The summed E-state index contributed by atoms with van der Waals surface area (Å²) in [7, 11) is 1.76. The molecule has 0 aliphatic carbocycles. The molecule has 23 heavy (non-hydrogen) atoms. The fourth-order valence-corrected chi connectivity index (χ4v) is 2.78. The van der Waals surface area contributed by atoms with Crippen molar-refractivity contribution in [2.24, 2.45) is 0 Å². The largest absolute Gasteiger partial charge is 0.480 e. The number of aromatic amines is 1. The topological polar surface area (TPSA) is 89.5 Å². The number of likely N-dealkylation sites (N-methyl/N-ethyl adjacent to an activating group) is 1. The van der Waals surface area contributed by atoms with E-state index < -0.39 is 12.0 Å². The number of nitrogens with one attached hydrogen (secondary N) is 1. The van der Waals surface area contributed by atoms with E-state index in [2.05, 4.69) is 9.97 Å². The third-order valence-corrected chi connectivity index (χ3v) is 4.13. The fraction of sp³-hybridized carbons (Fsp3) is 0.312. The zero-order valence-electron chi connectivity index (χ0n) is 12.8. The molecule has 7 nitrogen and oxygen atoms in total. The minimum absolute atomic E-state index is 0.170. The number of carbonyl (C=O) groups excluding carboxylic acids is 1. The Morgan fingerprint density at radius 1 is 1.30 bits per heavy atom. The van der Waals surface area contributed by atoms with Crippen LogP contribution in [0.5, 0.6) is 0 Å². The number of hydrogen-bond acceptors (Lipinski definition) is 4. The molecule has 1 aromatic heterocycles. The molecule has 0 bridgehead atoms. The lowest BCUT2D eigenvalue weighted by molar-refractivity contribution is -0.144. The number of aromatic nitrogens is 2. The van der Waals surface area contributed by atoms with Gasteiger partial charge in [-0.15, -0.1) is 0 Å². The number of nitrogens with zero attached hydrogens (tertiary/aromatic N) is 3. The Morgan fingerprint density at radius 2 is 2.09 bits per heavy atom. The number of carboxylic acid groups (broad SMARTS) is 1. The van der Waals surface area contributed by atoms with Crippen molar-refractivity contribution in [3.8, 4) is 11.4 Å². The summed E-state index contributed by atoms with van der Waals surface area (Å²) in [5.74, 6) is -0.460. The molecule has 0 unspecified atom stereocenters. The Balaban J connectivity index is 1.88. The number of H-pyrrole nitrogens is 1. The van der Waals surface area contributed by atoms with Crippen LogP contribution in [0.25, 0.3) is 11.4 Å². The van der Waals surface area contributed by atoms with E-state index in [1.165, 1.54) is 0 Å². The van der Waals surface area contributed by atoms with Gasteiger partial charge in [0.25, 0.3) is 5.91 Å². The molecule has 1 amide bonds. The van der Waals surface area contributed by atoms with E-state index in [4.69, 9.17) is 0 Å². The van der Waals surface area contributed by atoms with Crippen LogP contribution in [0, 0.1) is 0 Å². The lowest BCUT2D eigenvalue weighted by atomic mass is 10.0. The molecule has 1 fully saturated rings. The first-order valence-electron chi connectivity index (χ1n) is 7.39. The number of carbonyl (C=O) groups is 2. The van der Waals surface area contributed by atoms with E-state index in [0.29, 0.717) is 30.0 Å². The second kappa shape index (κ2) is 6.21. The van der Waals surface area contributed by atoms with Gasteiger partial charge >= 0.3 is 5.97 Å². The van der Waals surface area contributed by atoms with E-state index in [1.807, 2.05) is 12.1 Å². The normalized spacial score (nSPS) is 18.8. The number of aliphatic carboxylic acids is 1. The quantitative estimate of drug-likeness (QED) is 0.879. The second-order valence-electron chi connectivity index (χ2n) is 5.57. The zero-order chi connectivity index (χ0) is 16.4. The monoisotopic (exact) mass is 314 g/mol. The zero-order valence-corrected chi connectivity index (χ0v) is 12.8. The third kappa shape index (κ3) is 2.95. The molecule has 1 aromatic carbocycles. The number of piperazine rings is 1. The third-order valence-electron chi connectivity index (χ3n) is 4.13. The van der Waals surface area contributed by atoms with Crippen molar-refractivity contribution in [1.29, 1.82) is 0 Å². The molecule has 0 saturated carbocycles. The first-order chi connectivity index (χ1) is 11.1. The van der Waals surface area contributed by atoms with Crippen LogP contribution in [0.4, 0.5) is 0 Å². The van der Waals surface area contributed by atoms with Gasteiger partial charge in [0.1, 0.15) is 11.9 Å². The van der Waals surface area contributed by atoms with Gasteiger partial charge in [-0.1, -0.05) is 18.2 Å². The summed E-state index contributed by atoms with van der Waals surface area (Å²) in [5, 5.41) is 9.29. The van der Waals surface area contributed by atoms with Gasteiger partial charge in [-0.3, -0.25) is 14.5 Å². The molecule has 1 aliphatic rings. The maximum absolute atomic E-state index is 12.9. The number of carboxylic acids is 1. The second-order valence-corrected chi connectivity index (χ2v) is 5.57. The first-order valence-corrected chi connectivity index (χ1v) is 7.39. The lowest BCUT2D eigenvalue weighted by Crippen LogP contribution is -2.56. The van der Waals surface area contributed by atoms with E-state index >= 15 is 0 Å². The van der Waals surface area contributed by atoms with Crippen LogP contribution in [-0.2, 0) is 4.79 Å². The Hall–Kier alpha value is -2.67. The molecule has 120 valence electrons. The van der Waals surface area contributed by atoms with E-state index in [1.54, 1.807) is 41.4 Å². The van der Waals surface area contributed by atoms with Crippen LogP contribution in [-0.4, -0.2) is 69.5 Å². The van der Waals surface area contributed by atoms with Crippen molar-refractivity contribution in [2.45, 2.75) is 6.04 Å². The van der Waals surface area contributed by atoms with Gasteiger partial charge in [-0.05, 0) is 13.1 Å². The number of imidazole rings is 1. The highest BCUT2D eigenvalue weighted by atomic mass is 16.4. The van der Waals surface area contributed by atoms with Crippen molar-refractivity contribution >= 4 is 11.9 Å². The predicted octanol–water partition coefficient (Wildman–Crippen LogP) is 0.917. The molecule has 0 spiro atoms. The van der Waals surface area contributed by atoms with Crippen molar-refractivity contribution in [1.82, 2.24) is 19.8 Å². The molecule has 2 aromatic rings. The standard InChI is InChI=1S/C16H18N4O3/c1-19-8-9-20(10-13(19)16(22)23)15(21)12-5-3-2-4-11(12)14-17-6-7-18-14/h2-7,13H,8-10H2,1H3,(H,17,18)(H,22,23)/t13-/m0/s1. The maximum Gasteiger partial charge on any atom is 0.322 e. The molecule has 2 heterocycles. The molecule has 0 radical (unpaired) electrons. The first kappa shape index (κ1) is 15.2. The van der Waals surface area contributed by atoms with Crippen molar-refractivity contribution in [3.63, 3.8) is 0 Å². The minimum atomic E-state index is -0.913. The highest BCUT2D eigenvalue weighted by molar-refractivity contribution is 6.00. The van der Waals surface area contributed by atoms with Gasteiger partial charge < -0.3 is 15.0 Å². The maximum atomic E-state index is 12.9. The van der Waals surface area contributed by atoms with Gasteiger partial charge in [0.2, 0.25) is 0 Å². The van der Waals surface area contributed by atoms with Gasteiger partial charge in [-0.25, -0.2) is 4.98 Å². The minimum Gasteiger partial charge on any atom is -0.480 e. The SMILES string of the molecule is CN1CCN(C(=O)c2ccccc2-c2ncc[nH]2)C[C@H]1C(=O)O. The highest BCUT2D eigenvalue weighted by Gasteiger charge is 2.33. The summed E-state index contributed by atoms with van der Waals surface area (Å²) in [6, 6.07) is 6.54. The number of hydrogen-bond donors (Lipinski definition) is 2.